The van der Waals surface area contributed by atoms with Crippen LogP contribution in [-0.4, -0.2) is 0 Å². The summed E-state index contributed by atoms with van der Waals surface area (Å²) in [5, 5.41) is 7.46. The van der Waals surface area contributed by atoms with Crippen LogP contribution < -0.4 is 4.90 Å². The van der Waals surface area contributed by atoms with Crippen molar-refractivity contribution in [2.75, 3.05) is 4.90 Å². The number of rotatable bonds is 5. The summed E-state index contributed by atoms with van der Waals surface area (Å²) < 4.78 is 9.19. The lowest BCUT2D eigenvalue weighted by molar-refractivity contribution is 0.669. The molecule has 2 nitrogen and oxygen atoms in total. The van der Waals surface area contributed by atoms with E-state index in [4.69, 9.17) is 4.42 Å². The van der Waals surface area contributed by atoms with Crippen molar-refractivity contribution in [1.29, 1.82) is 0 Å². The minimum Gasteiger partial charge on any atom is -0.456 e. The molecule has 230 valence electrons. The molecule has 0 unspecified atom stereocenters. The zero-order valence-corrected chi connectivity index (χ0v) is 27.3. The van der Waals surface area contributed by atoms with Gasteiger partial charge in [0.05, 0.1) is 0 Å². The molecule has 0 saturated carbocycles. The summed E-state index contributed by atoms with van der Waals surface area (Å²) in [4.78, 5) is 2.31. The smallest absolute Gasteiger partial charge is 0.137 e. The number of hydrogen-bond donors (Lipinski definition) is 0. The first-order valence-corrected chi connectivity index (χ1v) is 17.4. The Bertz CT molecular complexity index is 2810. The van der Waals surface area contributed by atoms with Crippen LogP contribution in [0.2, 0.25) is 0 Å². The summed E-state index contributed by atoms with van der Waals surface area (Å²) in [6.45, 7) is 0. The monoisotopic (exact) mass is 643 g/mol. The molecule has 0 N–H and O–H groups in total. The molecule has 0 bridgehead atoms. The molecule has 2 aromatic heterocycles. The number of benzene rings is 8. The van der Waals surface area contributed by atoms with Crippen molar-refractivity contribution in [2.24, 2.45) is 0 Å². The molecule has 49 heavy (non-hydrogen) atoms. The van der Waals surface area contributed by atoms with Crippen LogP contribution in [0.15, 0.2) is 180 Å². The number of fused-ring (bicyclic) bond motifs is 8. The number of thiophene rings is 1. The second-order valence-corrected chi connectivity index (χ2v) is 13.6. The fourth-order valence-corrected chi connectivity index (χ4v) is 8.61. The fourth-order valence-electron chi connectivity index (χ4n) is 7.33. The van der Waals surface area contributed by atoms with Gasteiger partial charge in [-0.3, -0.25) is 0 Å². The average Bonchev–Trinajstić information content (AvgIpc) is 3.72. The lowest BCUT2D eigenvalue weighted by atomic mass is 9.94. The quantitative estimate of drug-likeness (QED) is 0.186. The Kier molecular flexibility index (Phi) is 6.39. The van der Waals surface area contributed by atoms with E-state index in [0.29, 0.717) is 0 Å². The highest BCUT2D eigenvalue weighted by Gasteiger charge is 2.19. The van der Waals surface area contributed by atoms with Gasteiger partial charge in [-0.2, -0.15) is 0 Å². The number of hydrogen-bond acceptors (Lipinski definition) is 3. The fraction of sp³-hybridized carbons (Fsp3) is 0. The third-order valence-electron chi connectivity index (χ3n) is 9.64. The molecular formula is C46H29NOS. The van der Waals surface area contributed by atoms with Crippen LogP contribution >= 0.6 is 11.3 Å². The molecular weight excluding hydrogens is 615 g/mol. The van der Waals surface area contributed by atoms with Gasteiger partial charge < -0.3 is 9.32 Å². The molecule has 0 aliphatic carbocycles. The van der Waals surface area contributed by atoms with Crippen molar-refractivity contribution < 1.29 is 4.42 Å². The second kappa shape index (κ2) is 11.2. The number of nitrogens with zero attached hydrogens (tertiary/aromatic N) is 1. The predicted molar refractivity (Wildman–Crippen MR) is 210 cm³/mol. The van der Waals surface area contributed by atoms with Crippen LogP contribution in [0.1, 0.15) is 0 Å². The summed E-state index contributed by atoms with van der Waals surface area (Å²) in [6, 6.07) is 63.0. The van der Waals surface area contributed by atoms with Crippen LogP contribution in [0.25, 0.3) is 75.1 Å². The van der Waals surface area contributed by atoms with E-state index < -0.39 is 0 Å². The van der Waals surface area contributed by atoms with Gasteiger partial charge in [0.25, 0.3) is 0 Å². The van der Waals surface area contributed by atoms with E-state index in [-0.39, 0.29) is 0 Å². The maximum absolute atomic E-state index is 6.61. The summed E-state index contributed by atoms with van der Waals surface area (Å²) in [6.07, 6.45) is 0. The van der Waals surface area contributed by atoms with Crippen molar-refractivity contribution >= 4 is 81.3 Å². The first-order valence-electron chi connectivity index (χ1n) is 16.6. The highest BCUT2D eigenvalue weighted by atomic mass is 32.1. The zero-order valence-electron chi connectivity index (χ0n) is 26.5. The molecule has 0 amide bonds. The van der Waals surface area contributed by atoms with Gasteiger partial charge in [-0.25, -0.2) is 0 Å². The average molecular weight is 644 g/mol. The maximum Gasteiger partial charge on any atom is 0.137 e. The van der Waals surface area contributed by atoms with Gasteiger partial charge in [0.1, 0.15) is 11.2 Å². The topological polar surface area (TPSA) is 16.4 Å². The third-order valence-corrected chi connectivity index (χ3v) is 10.8. The Morgan fingerprint density at radius 2 is 1.00 bits per heavy atom. The molecule has 10 rings (SSSR count). The number of anilines is 3. The van der Waals surface area contributed by atoms with Gasteiger partial charge in [0.2, 0.25) is 0 Å². The SMILES string of the molecule is c1ccc(-c2ccccc2-c2ccc(N(c3ccccc3)c3ccc4c(c3)oc3ccc5c6cc7ccccc7cc6sc5c34)cc2)cc1. The van der Waals surface area contributed by atoms with Gasteiger partial charge in [0, 0.05) is 54.1 Å². The third kappa shape index (κ3) is 4.62. The van der Waals surface area contributed by atoms with Crippen LogP contribution in [0.3, 0.4) is 0 Å². The van der Waals surface area contributed by atoms with Crippen molar-refractivity contribution in [3.05, 3.63) is 176 Å². The van der Waals surface area contributed by atoms with E-state index in [0.717, 1.165) is 33.6 Å². The Morgan fingerprint density at radius 1 is 0.408 bits per heavy atom. The van der Waals surface area contributed by atoms with Crippen molar-refractivity contribution in [3.8, 4) is 22.3 Å². The Morgan fingerprint density at radius 3 is 1.76 bits per heavy atom. The summed E-state index contributed by atoms with van der Waals surface area (Å²) in [5.41, 5.74) is 9.88. The van der Waals surface area contributed by atoms with Gasteiger partial charge in [0.15, 0.2) is 0 Å². The van der Waals surface area contributed by atoms with Crippen LogP contribution in [0.4, 0.5) is 17.1 Å². The van der Waals surface area contributed by atoms with E-state index in [1.54, 1.807) is 0 Å². The molecule has 3 heteroatoms. The summed E-state index contributed by atoms with van der Waals surface area (Å²) >= 11 is 1.86. The molecule has 2 heterocycles. The minimum atomic E-state index is 0.886. The molecule has 0 aliphatic rings. The van der Waals surface area contributed by atoms with Gasteiger partial charge >= 0.3 is 0 Å². The highest BCUT2D eigenvalue weighted by molar-refractivity contribution is 7.26. The van der Waals surface area contributed by atoms with Crippen molar-refractivity contribution in [2.45, 2.75) is 0 Å². The molecule has 0 atom stereocenters. The Balaban J connectivity index is 1.09. The summed E-state index contributed by atoms with van der Waals surface area (Å²) in [5.74, 6) is 0. The normalized spacial score (nSPS) is 11.7. The molecule has 10 aromatic rings. The standard InChI is InChI=1S/C46H29NOS/c1-3-11-30(12-4-1)37-17-9-10-18-38(37)31-19-21-35(22-20-31)47(34-15-5-2-6-16-34)36-23-24-40-43(29-36)48-42-26-25-39-41-27-32-13-7-8-14-33(32)28-44(41)49-46(39)45(40)42/h1-29H. The zero-order chi connectivity index (χ0) is 32.3. The number of furan rings is 1. The first-order chi connectivity index (χ1) is 24.3. The molecule has 0 saturated heterocycles. The van der Waals surface area contributed by atoms with Crippen molar-refractivity contribution in [3.63, 3.8) is 0 Å². The molecule has 0 aliphatic heterocycles. The Labute approximate surface area is 287 Å². The lowest BCUT2D eigenvalue weighted by Crippen LogP contribution is -2.09. The molecule has 8 aromatic carbocycles. The van der Waals surface area contributed by atoms with Crippen LogP contribution in [0.5, 0.6) is 0 Å². The van der Waals surface area contributed by atoms with Gasteiger partial charge in [-0.15, -0.1) is 11.3 Å². The maximum atomic E-state index is 6.61. The molecule has 0 spiro atoms. The second-order valence-electron chi connectivity index (χ2n) is 12.5. The van der Waals surface area contributed by atoms with Crippen LogP contribution in [-0.2, 0) is 0 Å². The highest BCUT2D eigenvalue weighted by Crippen LogP contribution is 2.45. The number of para-hydroxylation sites is 1. The molecule has 0 radical (unpaired) electrons. The summed E-state index contributed by atoms with van der Waals surface area (Å²) in [7, 11) is 0. The first kappa shape index (κ1) is 27.9. The molecule has 0 fully saturated rings. The van der Waals surface area contributed by atoms with Crippen molar-refractivity contribution in [1.82, 2.24) is 0 Å². The van der Waals surface area contributed by atoms with E-state index in [1.165, 1.54) is 58.6 Å². The lowest BCUT2D eigenvalue weighted by Gasteiger charge is -2.25. The Hall–Kier alpha value is -6.16. The largest absolute Gasteiger partial charge is 0.456 e. The van der Waals surface area contributed by atoms with E-state index in [2.05, 4.69) is 181 Å². The minimum absolute atomic E-state index is 0.886. The van der Waals surface area contributed by atoms with Gasteiger partial charge in [-0.1, -0.05) is 109 Å². The van der Waals surface area contributed by atoms with E-state index >= 15 is 0 Å². The van der Waals surface area contributed by atoms with E-state index in [1.807, 2.05) is 11.3 Å². The predicted octanol–water partition coefficient (Wildman–Crippen LogP) is 13.9. The van der Waals surface area contributed by atoms with E-state index in [9.17, 15) is 0 Å². The van der Waals surface area contributed by atoms with Crippen LogP contribution in [0, 0.1) is 0 Å². The van der Waals surface area contributed by atoms with Gasteiger partial charge in [-0.05, 0) is 93.7 Å².